The van der Waals surface area contributed by atoms with Gasteiger partial charge in [0.25, 0.3) is 0 Å². The minimum atomic E-state index is -3.70. The summed E-state index contributed by atoms with van der Waals surface area (Å²) in [5, 5.41) is 11.3. The summed E-state index contributed by atoms with van der Waals surface area (Å²) >= 11 is 0. The standard InChI is InChI=1S/C23H36N6O3S/c1-2-12-29-22-10-9-20(17-21(22)25-26-29)33(31,32)28-15-7-8-19(18-28)23(30)24-11-16-27-13-5-3-4-6-14-27/h9-10,17,19H,2-8,11-16,18H2,1H3,(H,24,30). The van der Waals surface area contributed by atoms with Crippen molar-refractivity contribution in [3.05, 3.63) is 18.2 Å². The summed E-state index contributed by atoms with van der Waals surface area (Å²) in [5.41, 5.74) is 1.40. The first-order chi connectivity index (χ1) is 16.0. The third-order valence-corrected chi connectivity index (χ3v) is 8.60. The molecule has 1 amide bonds. The molecule has 10 heteroatoms. The van der Waals surface area contributed by atoms with Crippen LogP contribution in [0.1, 0.15) is 51.9 Å². The van der Waals surface area contributed by atoms with Gasteiger partial charge >= 0.3 is 0 Å². The van der Waals surface area contributed by atoms with E-state index in [9.17, 15) is 13.2 Å². The predicted octanol–water partition coefficient (Wildman–Crippen LogP) is 2.23. The van der Waals surface area contributed by atoms with E-state index in [-0.39, 0.29) is 23.3 Å². The number of hydrogen-bond acceptors (Lipinski definition) is 6. The van der Waals surface area contributed by atoms with Crippen molar-refractivity contribution in [3.63, 3.8) is 0 Å². The van der Waals surface area contributed by atoms with Crippen LogP contribution in [-0.2, 0) is 21.4 Å². The summed E-state index contributed by atoms with van der Waals surface area (Å²) in [5.74, 6) is -0.352. The van der Waals surface area contributed by atoms with Crippen molar-refractivity contribution in [2.45, 2.75) is 63.3 Å². The molecule has 182 valence electrons. The molecular weight excluding hydrogens is 440 g/mol. The van der Waals surface area contributed by atoms with E-state index in [4.69, 9.17) is 0 Å². The van der Waals surface area contributed by atoms with Crippen molar-refractivity contribution in [3.8, 4) is 0 Å². The van der Waals surface area contributed by atoms with Gasteiger partial charge in [-0.15, -0.1) is 5.10 Å². The van der Waals surface area contributed by atoms with Crippen LogP contribution in [0.4, 0.5) is 0 Å². The molecule has 2 aliphatic rings. The zero-order chi connectivity index (χ0) is 23.3. The fourth-order valence-corrected chi connectivity index (χ4v) is 6.40. The van der Waals surface area contributed by atoms with Crippen molar-refractivity contribution >= 4 is 27.0 Å². The molecule has 1 unspecified atom stereocenters. The Balaban J connectivity index is 1.36. The van der Waals surface area contributed by atoms with Crippen LogP contribution >= 0.6 is 0 Å². The Bertz CT molecular complexity index is 1050. The number of likely N-dealkylation sites (tertiary alicyclic amines) is 1. The van der Waals surface area contributed by atoms with E-state index in [1.807, 2.05) is 0 Å². The number of fused-ring (bicyclic) bond motifs is 1. The van der Waals surface area contributed by atoms with Crippen LogP contribution in [0.5, 0.6) is 0 Å². The van der Waals surface area contributed by atoms with Crippen molar-refractivity contribution < 1.29 is 13.2 Å². The smallest absolute Gasteiger partial charge is 0.243 e. The molecule has 33 heavy (non-hydrogen) atoms. The molecule has 2 aliphatic heterocycles. The second-order valence-corrected chi connectivity index (χ2v) is 11.2. The summed E-state index contributed by atoms with van der Waals surface area (Å²) in [7, 11) is -3.70. The first kappa shape index (κ1) is 24.1. The lowest BCUT2D eigenvalue weighted by Gasteiger charge is -2.31. The molecule has 1 aromatic carbocycles. The van der Waals surface area contributed by atoms with Crippen LogP contribution < -0.4 is 5.32 Å². The van der Waals surface area contributed by atoms with Gasteiger partial charge in [-0.1, -0.05) is 25.0 Å². The van der Waals surface area contributed by atoms with Gasteiger partial charge in [-0.3, -0.25) is 4.79 Å². The van der Waals surface area contributed by atoms with Gasteiger partial charge < -0.3 is 10.2 Å². The largest absolute Gasteiger partial charge is 0.355 e. The first-order valence-corrected chi connectivity index (χ1v) is 13.8. The molecule has 4 rings (SSSR count). The van der Waals surface area contributed by atoms with Gasteiger partial charge in [0.15, 0.2) is 0 Å². The Labute approximate surface area is 196 Å². The second-order valence-electron chi connectivity index (χ2n) is 9.21. The normalized spacial score (nSPS) is 21.2. The third-order valence-electron chi connectivity index (χ3n) is 6.74. The monoisotopic (exact) mass is 476 g/mol. The molecule has 1 N–H and O–H groups in total. The van der Waals surface area contributed by atoms with Crippen molar-refractivity contribution in [2.24, 2.45) is 5.92 Å². The number of amides is 1. The van der Waals surface area contributed by atoms with Crippen LogP contribution in [-0.4, -0.2) is 77.8 Å². The molecule has 0 spiro atoms. The van der Waals surface area contributed by atoms with Gasteiger partial charge in [0.2, 0.25) is 15.9 Å². The summed E-state index contributed by atoms with van der Waals surface area (Å²) < 4.78 is 29.9. The minimum absolute atomic E-state index is 0.0392. The number of nitrogens with zero attached hydrogens (tertiary/aromatic N) is 5. The Morgan fingerprint density at radius 2 is 1.88 bits per heavy atom. The molecule has 0 radical (unpaired) electrons. The van der Waals surface area contributed by atoms with E-state index >= 15 is 0 Å². The quantitative estimate of drug-likeness (QED) is 0.627. The topological polar surface area (TPSA) is 100 Å². The minimum Gasteiger partial charge on any atom is -0.355 e. The molecule has 1 aromatic heterocycles. The van der Waals surface area contributed by atoms with E-state index in [0.29, 0.717) is 31.4 Å². The van der Waals surface area contributed by atoms with Gasteiger partial charge in [0.1, 0.15) is 5.52 Å². The van der Waals surface area contributed by atoms with Gasteiger partial charge in [-0.05, 0) is 63.4 Å². The van der Waals surface area contributed by atoms with Gasteiger partial charge in [0, 0.05) is 32.7 Å². The predicted molar refractivity (Wildman–Crippen MR) is 127 cm³/mol. The molecule has 2 fully saturated rings. The average Bonchev–Trinajstić information content (AvgIpc) is 3.04. The molecule has 2 saturated heterocycles. The maximum atomic E-state index is 13.3. The van der Waals surface area contributed by atoms with Crippen LogP contribution in [0.2, 0.25) is 0 Å². The summed E-state index contributed by atoms with van der Waals surface area (Å²) in [6.07, 6.45) is 7.35. The Hall–Kier alpha value is -2.04. The number of aryl methyl sites for hydroxylation is 1. The highest BCUT2D eigenvalue weighted by atomic mass is 32.2. The molecule has 2 aromatic rings. The number of hydrogen-bond donors (Lipinski definition) is 1. The molecule has 0 bridgehead atoms. The number of sulfonamides is 1. The third kappa shape index (κ3) is 5.73. The maximum absolute atomic E-state index is 13.3. The zero-order valence-corrected chi connectivity index (χ0v) is 20.4. The maximum Gasteiger partial charge on any atom is 0.243 e. The van der Waals surface area contributed by atoms with Gasteiger partial charge in [0.05, 0.1) is 16.3 Å². The lowest BCUT2D eigenvalue weighted by atomic mass is 9.99. The highest BCUT2D eigenvalue weighted by Crippen LogP contribution is 2.26. The van der Waals surface area contributed by atoms with Crippen LogP contribution in [0.15, 0.2) is 23.1 Å². The molecule has 3 heterocycles. The highest BCUT2D eigenvalue weighted by Gasteiger charge is 2.33. The zero-order valence-electron chi connectivity index (χ0n) is 19.6. The van der Waals surface area contributed by atoms with Crippen LogP contribution in [0.25, 0.3) is 11.0 Å². The lowest BCUT2D eigenvalue weighted by Crippen LogP contribution is -2.46. The number of nitrogens with one attached hydrogen (secondary N) is 1. The number of piperidine rings is 1. The van der Waals surface area contributed by atoms with Crippen molar-refractivity contribution in [1.29, 1.82) is 0 Å². The molecule has 9 nitrogen and oxygen atoms in total. The number of carbonyl (C=O) groups excluding carboxylic acids is 1. The van der Waals surface area contributed by atoms with Crippen molar-refractivity contribution in [1.82, 2.24) is 29.5 Å². The number of rotatable bonds is 8. The number of benzene rings is 1. The van der Waals surface area contributed by atoms with E-state index in [1.54, 1.807) is 22.9 Å². The lowest BCUT2D eigenvalue weighted by molar-refractivity contribution is -0.126. The SMILES string of the molecule is CCCn1nnc2cc(S(=O)(=O)N3CCCC(C(=O)NCCN4CCCCCC4)C3)ccc21. The van der Waals surface area contributed by atoms with Gasteiger partial charge in [-0.2, -0.15) is 4.31 Å². The average molecular weight is 477 g/mol. The molecule has 1 atom stereocenters. The summed E-state index contributed by atoms with van der Waals surface area (Å²) in [6, 6.07) is 4.99. The van der Waals surface area contributed by atoms with Crippen LogP contribution in [0.3, 0.4) is 0 Å². The van der Waals surface area contributed by atoms with Gasteiger partial charge in [-0.25, -0.2) is 13.1 Å². The second kappa shape index (κ2) is 10.9. The fourth-order valence-electron chi connectivity index (χ4n) is 4.85. The van der Waals surface area contributed by atoms with Crippen molar-refractivity contribution in [2.75, 3.05) is 39.3 Å². The van der Waals surface area contributed by atoms with E-state index in [2.05, 4.69) is 27.5 Å². The molecular formula is C23H36N6O3S. The Kier molecular flexibility index (Phi) is 7.98. The highest BCUT2D eigenvalue weighted by molar-refractivity contribution is 7.89. The number of aromatic nitrogens is 3. The Morgan fingerprint density at radius 1 is 1.09 bits per heavy atom. The van der Waals surface area contributed by atoms with E-state index < -0.39 is 10.0 Å². The summed E-state index contributed by atoms with van der Waals surface area (Å²) in [4.78, 5) is 15.4. The number of carbonyl (C=O) groups is 1. The molecule has 0 aliphatic carbocycles. The van der Waals surface area contributed by atoms with E-state index in [1.165, 1.54) is 30.0 Å². The Morgan fingerprint density at radius 3 is 2.64 bits per heavy atom. The van der Waals surface area contributed by atoms with E-state index in [0.717, 1.165) is 38.1 Å². The van der Waals surface area contributed by atoms with Crippen LogP contribution in [0, 0.1) is 5.92 Å². The fraction of sp³-hybridized carbons (Fsp3) is 0.696. The first-order valence-electron chi connectivity index (χ1n) is 12.3. The summed E-state index contributed by atoms with van der Waals surface area (Å²) in [6.45, 7) is 7.13. The molecule has 0 saturated carbocycles.